The maximum atomic E-state index is 14.0. The lowest BCUT2D eigenvalue weighted by molar-refractivity contribution is 0.0858. The monoisotopic (exact) mass is 471 g/mol. The van der Waals surface area contributed by atoms with Gasteiger partial charge in [-0.1, -0.05) is 17.8 Å². The lowest BCUT2D eigenvalue weighted by atomic mass is 10.1. The number of rotatable bonds is 8. The highest BCUT2D eigenvalue weighted by molar-refractivity contribution is 7.98. The first-order valence-corrected chi connectivity index (χ1v) is 11.6. The number of benzene rings is 2. The van der Waals surface area contributed by atoms with E-state index in [1.165, 1.54) is 4.57 Å². The zero-order chi connectivity index (χ0) is 23.4. The number of aromatic nitrogens is 2. The Balaban J connectivity index is 1.62. The molecule has 0 spiro atoms. The van der Waals surface area contributed by atoms with Crippen molar-refractivity contribution in [1.82, 2.24) is 14.9 Å². The second kappa shape index (κ2) is 10.3. The molecule has 33 heavy (non-hydrogen) atoms. The summed E-state index contributed by atoms with van der Waals surface area (Å²) in [6.45, 7) is 5.02. The average Bonchev–Trinajstić information content (AvgIpc) is 3.33. The van der Waals surface area contributed by atoms with Crippen LogP contribution in [0, 0.1) is 11.6 Å². The van der Waals surface area contributed by atoms with Gasteiger partial charge in [-0.25, -0.2) is 13.8 Å². The van der Waals surface area contributed by atoms with Crippen LogP contribution in [0.4, 0.5) is 8.78 Å². The first-order chi connectivity index (χ1) is 16.0. The number of carbonyl (C=O) groups is 1. The number of allylic oxidation sites excluding steroid dienone is 1. The van der Waals surface area contributed by atoms with Crippen molar-refractivity contribution in [3.05, 3.63) is 82.2 Å². The van der Waals surface area contributed by atoms with Gasteiger partial charge in [0.1, 0.15) is 11.6 Å². The Labute approximate surface area is 193 Å². The number of nitrogens with one attached hydrogen (secondary N) is 1. The van der Waals surface area contributed by atoms with Gasteiger partial charge in [0.15, 0.2) is 5.16 Å². The van der Waals surface area contributed by atoms with Crippen LogP contribution in [0.25, 0.3) is 10.9 Å². The smallest absolute Gasteiger partial charge is 0.262 e. The predicted molar refractivity (Wildman–Crippen MR) is 123 cm³/mol. The second-order valence-electron chi connectivity index (χ2n) is 7.70. The van der Waals surface area contributed by atoms with Gasteiger partial charge in [-0.15, -0.1) is 6.58 Å². The summed E-state index contributed by atoms with van der Waals surface area (Å²) in [5.41, 5.74) is 0.600. The van der Waals surface area contributed by atoms with Crippen molar-refractivity contribution in [3.63, 3.8) is 0 Å². The fraction of sp³-hybridized carbons (Fsp3) is 0.292. The topological polar surface area (TPSA) is 73.2 Å². The Morgan fingerprint density at radius 1 is 1.30 bits per heavy atom. The van der Waals surface area contributed by atoms with Crippen LogP contribution < -0.4 is 10.9 Å². The predicted octanol–water partition coefficient (Wildman–Crippen LogP) is 4.06. The van der Waals surface area contributed by atoms with E-state index < -0.39 is 11.6 Å². The lowest BCUT2D eigenvalue weighted by Gasteiger charge is -2.13. The summed E-state index contributed by atoms with van der Waals surface area (Å²) >= 11 is 1.11. The number of thioether (sulfide) groups is 1. The van der Waals surface area contributed by atoms with Crippen LogP contribution in [0.2, 0.25) is 0 Å². The molecule has 1 N–H and O–H groups in total. The molecule has 1 amide bonds. The van der Waals surface area contributed by atoms with Crippen molar-refractivity contribution in [2.45, 2.75) is 36.4 Å². The molecule has 3 aromatic rings. The average molecular weight is 472 g/mol. The summed E-state index contributed by atoms with van der Waals surface area (Å²) < 4.78 is 34.5. The number of nitrogens with zero attached hydrogens (tertiary/aromatic N) is 2. The summed E-state index contributed by atoms with van der Waals surface area (Å²) in [6.07, 6.45) is 3.48. The van der Waals surface area contributed by atoms with E-state index in [1.807, 2.05) is 0 Å². The second-order valence-corrected chi connectivity index (χ2v) is 8.64. The SMILES string of the molecule is C=CCn1c(SCc2cc(F)ccc2F)nc2cc(C(=O)NCC3CCCO3)ccc2c1=O. The van der Waals surface area contributed by atoms with Crippen molar-refractivity contribution < 1.29 is 18.3 Å². The highest BCUT2D eigenvalue weighted by Crippen LogP contribution is 2.24. The minimum Gasteiger partial charge on any atom is -0.376 e. The standard InChI is InChI=1S/C24H23F2N3O3S/c1-2-9-29-23(31)19-7-5-15(22(30)27-13-18-4-3-10-32-18)12-21(19)28-24(29)33-14-16-11-17(25)6-8-20(16)26/h2,5-8,11-12,18H,1,3-4,9-10,13-14H2,(H,27,30). The van der Waals surface area contributed by atoms with Crippen molar-refractivity contribution in [1.29, 1.82) is 0 Å². The van der Waals surface area contributed by atoms with Gasteiger partial charge in [0.05, 0.1) is 17.0 Å². The van der Waals surface area contributed by atoms with Gasteiger partial charge in [0.25, 0.3) is 11.5 Å². The first kappa shape index (κ1) is 23.1. The van der Waals surface area contributed by atoms with Crippen LogP contribution in [0.1, 0.15) is 28.8 Å². The van der Waals surface area contributed by atoms with Gasteiger partial charge in [0, 0.05) is 36.6 Å². The molecule has 0 aliphatic carbocycles. The van der Waals surface area contributed by atoms with Crippen LogP contribution in [0.3, 0.4) is 0 Å². The maximum absolute atomic E-state index is 14.0. The Morgan fingerprint density at radius 3 is 2.91 bits per heavy atom. The first-order valence-electron chi connectivity index (χ1n) is 10.6. The van der Waals surface area contributed by atoms with Crippen LogP contribution >= 0.6 is 11.8 Å². The molecule has 1 aliphatic rings. The molecule has 9 heteroatoms. The third kappa shape index (κ3) is 5.31. The highest BCUT2D eigenvalue weighted by atomic mass is 32.2. The van der Waals surface area contributed by atoms with Crippen molar-refractivity contribution >= 4 is 28.6 Å². The van der Waals surface area contributed by atoms with Crippen LogP contribution in [0.15, 0.2) is 59.0 Å². The van der Waals surface area contributed by atoms with E-state index in [0.717, 1.165) is 42.8 Å². The lowest BCUT2D eigenvalue weighted by Crippen LogP contribution is -2.31. The van der Waals surface area contributed by atoms with Crippen LogP contribution in [0.5, 0.6) is 0 Å². The quantitative estimate of drug-likeness (QED) is 0.305. The molecule has 4 rings (SSSR count). The molecule has 1 aliphatic heterocycles. The summed E-state index contributed by atoms with van der Waals surface area (Å²) in [6, 6.07) is 7.96. The number of carbonyl (C=O) groups excluding carboxylic acids is 1. The number of amides is 1. The summed E-state index contributed by atoms with van der Waals surface area (Å²) in [5.74, 6) is -1.27. The molecule has 2 heterocycles. The number of ether oxygens (including phenoxy) is 1. The molecule has 0 bridgehead atoms. The minimum absolute atomic E-state index is 0.0184. The molecular weight excluding hydrogens is 448 g/mol. The summed E-state index contributed by atoms with van der Waals surface area (Å²) in [7, 11) is 0. The van der Waals surface area contributed by atoms with Gasteiger partial charge in [-0.3, -0.25) is 14.2 Å². The molecule has 1 saturated heterocycles. The Morgan fingerprint density at radius 2 is 2.15 bits per heavy atom. The van der Waals surface area contributed by atoms with Crippen LogP contribution in [-0.2, 0) is 17.0 Å². The van der Waals surface area contributed by atoms with E-state index in [-0.39, 0.29) is 35.4 Å². The largest absolute Gasteiger partial charge is 0.376 e. The van der Waals surface area contributed by atoms with Crippen molar-refractivity contribution in [2.24, 2.45) is 0 Å². The molecule has 1 atom stereocenters. The zero-order valence-electron chi connectivity index (χ0n) is 17.9. The molecule has 2 aromatic carbocycles. The normalized spacial score (nSPS) is 15.6. The number of hydrogen-bond donors (Lipinski definition) is 1. The Bertz CT molecular complexity index is 1260. The highest BCUT2D eigenvalue weighted by Gasteiger charge is 2.18. The van der Waals surface area contributed by atoms with Gasteiger partial charge < -0.3 is 10.1 Å². The fourth-order valence-electron chi connectivity index (χ4n) is 3.65. The zero-order valence-corrected chi connectivity index (χ0v) is 18.7. The maximum Gasteiger partial charge on any atom is 0.262 e. The van der Waals surface area contributed by atoms with Crippen molar-refractivity contribution in [3.8, 4) is 0 Å². The number of halogens is 2. The van der Waals surface area contributed by atoms with E-state index in [0.29, 0.717) is 34.8 Å². The fourth-order valence-corrected chi connectivity index (χ4v) is 4.63. The van der Waals surface area contributed by atoms with Gasteiger partial charge in [0.2, 0.25) is 0 Å². The van der Waals surface area contributed by atoms with E-state index in [9.17, 15) is 18.4 Å². The molecule has 6 nitrogen and oxygen atoms in total. The number of hydrogen-bond acceptors (Lipinski definition) is 5. The minimum atomic E-state index is -0.541. The van der Waals surface area contributed by atoms with Gasteiger partial charge in [-0.05, 0) is 49.2 Å². The van der Waals surface area contributed by atoms with E-state index in [2.05, 4.69) is 16.9 Å². The molecule has 1 fully saturated rings. The molecule has 1 unspecified atom stereocenters. The number of fused-ring (bicyclic) bond motifs is 1. The third-order valence-electron chi connectivity index (χ3n) is 5.37. The van der Waals surface area contributed by atoms with Gasteiger partial charge in [-0.2, -0.15) is 0 Å². The molecule has 0 radical (unpaired) electrons. The van der Waals surface area contributed by atoms with E-state index >= 15 is 0 Å². The molecular formula is C24H23F2N3O3S. The molecule has 172 valence electrons. The molecule has 1 aromatic heterocycles. The van der Waals surface area contributed by atoms with E-state index in [4.69, 9.17) is 4.74 Å². The van der Waals surface area contributed by atoms with Crippen molar-refractivity contribution in [2.75, 3.05) is 13.2 Å². The summed E-state index contributed by atoms with van der Waals surface area (Å²) in [5, 5.41) is 3.54. The van der Waals surface area contributed by atoms with E-state index in [1.54, 1.807) is 24.3 Å². The Kier molecular flexibility index (Phi) is 7.20. The van der Waals surface area contributed by atoms with Gasteiger partial charge >= 0.3 is 0 Å². The summed E-state index contributed by atoms with van der Waals surface area (Å²) in [4.78, 5) is 30.2. The molecule has 0 saturated carbocycles. The third-order valence-corrected chi connectivity index (χ3v) is 6.40. The Hall–Kier alpha value is -3.04. The van der Waals surface area contributed by atoms with Crippen LogP contribution in [-0.4, -0.2) is 34.7 Å².